The van der Waals surface area contributed by atoms with Gasteiger partial charge in [0.2, 0.25) is 0 Å². The predicted molar refractivity (Wildman–Crippen MR) is 108 cm³/mol. The Balaban J connectivity index is 2.13. The third kappa shape index (κ3) is 3.53. The molecule has 2 nitrogen and oxygen atoms in total. The number of methoxy groups -OCH3 is 1. The van der Waals surface area contributed by atoms with Crippen LogP contribution in [0, 0.1) is 5.41 Å². The van der Waals surface area contributed by atoms with Crippen molar-refractivity contribution >= 4 is 0 Å². The monoisotopic (exact) mass is 352 g/mol. The van der Waals surface area contributed by atoms with E-state index in [1.165, 1.54) is 29.5 Å². The number of aliphatic hydroxyl groups excluding tert-OH is 1. The van der Waals surface area contributed by atoms with Gasteiger partial charge in [0, 0.05) is 5.92 Å². The van der Waals surface area contributed by atoms with Gasteiger partial charge >= 0.3 is 0 Å². The number of ether oxygens (including phenoxy) is 1. The quantitative estimate of drug-likeness (QED) is 0.674. The van der Waals surface area contributed by atoms with Crippen LogP contribution in [-0.2, 0) is 6.42 Å². The van der Waals surface area contributed by atoms with Crippen LogP contribution < -0.4 is 4.74 Å². The molecular weight excluding hydrogens is 320 g/mol. The van der Waals surface area contributed by atoms with E-state index in [0.717, 1.165) is 31.4 Å². The summed E-state index contributed by atoms with van der Waals surface area (Å²) in [4.78, 5) is 0. The second kappa shape index (κ2) is 8.26. The first kappa shape index (κ1) is 19.0. The fourth-order valence-corrected chi connectivity index (χ4v) is 4.66. The molecule has 2 aromatic carbocycles. The summed E-state index contributed by atoms with van der Waals surface area (Å²) in [7, 11) is 1.71. The summed E-state index contributed by atoms with van der Waals surface area (Å²) in [6, 6.07) is 16.9. The van der Waals surface area contributed by atoms with Crippen LogP contribution in [-0.4, -0.2) is 18.3 Å². The lowest BCUT2D eigenvalue weighted by atomic mass is 9.67. The highest BCUT2D eigenvalue weighted by Gasteiger charge is 2.43. The summed E-state index contributed by atoms with van der Waals surface area (Å²) < 4.78 is 5.50. The molecule has 0 aromatic heterocycles. The molecule has 0 spiro atoms. The molecule has 0 radical (unpaired) electrons. The Kier molecular flexibility index (Phi) is 6.03. The lowest BCUT2D eigenvalue weighted by molar-refractivity contribution is -0.00157. The molecule has 0 amide bonds. The van der Waals surface area contributed by atoms with Crippen LogP contribution in [0.1, 0.15) is 68.6 Å². The van der Waals surface area contributed by atoms with E-state index in [2.05, 4.69) is 56.3 Å². The second-order valence-corrected chi connectivity index (χ2v) is 7.72. The van der Waals surface area contributed by atoms with Crippen molar-refractivity contribution in [2.45, 2.75) is 64.4 Å². The number of aliphatic hydroxyl groups is 1. The molecule has 1 aliphatic rings. The fraction of sp³-hybridized carbons (Fsp3) is 0.500. The number of rotatable bonds is 6. The first-order valence-corrected chi connectivity index (χ1v) is 10.0. The molecule has 0 unspecified atom stereocenters. The van der Waals surface area contributed by atoms with Crippen molar-refractivity contribution in [2.75, 3.05) is 7.11 Å². The van der Waals surface area contributed by atoms with Gasteiger partial charge in [-0.1, -0.05) is 63.1 Å². The molecular formula is C24H32O2. The molecule has 0 saturated carbocycles. The Morgan fingerprint density at radius 2 is 1.88 bits per heavy atom. The zero-order valence-electron chi connectivity index (χ0n) is 16.4. The van der Waals surface area contributed by atoms with Crippen LogP contribution >= 0.6 is 0 Å². The molecule has 3 rings (SSSR count). The molecule has 1 aliphatic carbocycles. The maximum Gasteiger partial charge on any atom is 0.119 e. The highest BCUT2D eigenvalue weighted by atomic mass is 16.5. The van der Waals surface area contributed by atoms with Crippen molar-refractivity contribution in [3.8, 4) is 5.75 Å². The molecule has 2 heteroatoms. The molecule has 0 aliphatic heterocycles. The minimum atomic E-state index is -0.380. The van der Waals surface area contributed by atoms with Gasteiger partial charge in [-0.3, -0.25) is 0 Å². The van der Waals surface area contributed by atoms with Gasteiger partial charge in [0.1, 0.15) is 5.75 Å². The van der Waals surface area contributed by atoms with Gasteiger partial charge in [-0.25, -0.2) is 0 Å². The fourth-order valence-electron chi connectivity index (χ4n) is 4.66. The number of fused-ring (bicyclic) bond motifs is 1. The third-order valence-corrected chi connectivity index (χ3v) is 6.41. The van der Waals surface area contributed by atoms with Crippen LogP contribution in [0.5, 0.6) is 5.75 Å². The van der Waals surface area contributed by atoms with Gasteiger partial charge in [0.25, 0.3) is 0 Å². The second-order valence-electron chi connectivity index (χ2n) is 7.72. The van der Waals surface area contributed by atoms with Crippen LogP contribution in [0.4, 0.5) is 0 Å². The van der Waals surface area contributed by atoms with Gasteiger partial charge in [-0.2, -0.15) is 0 Å². The molecule has 26 heavy (non-hydrogen) atoms. The van der Waals surface area contributed by atoms with Crippen LogP contribution in [0.15, 0.2) is 48.5 Å². The van der Waals surface area contributed by atoms with E-state index in [-0.39, 0.29) is 17.4 Å². The van der Waals surface area contributed by atoms with E-state index in [1.54, 1.807) is 7.11 Å². The lowest BCUT2D eigenvalue weighted by Gasteiger charge is -2.40. The van der Waals surface area contributed by atoms with E-state index in [4.69, 9.17) is 4.74 Å². The van der Waals surface area contributed by atoms with Crippen molar-refractivity contribution in [3.63, 3.8) is 0 Å². The van der Waals surface area contributed by atoms with Crippen LogP contribution in [0.25, 0.3) is 0 Å². The van der Waals surface area contributed by atoms with Gasteiger partial charge in [0.05, 0.1) is 13.2 Å². The van der Waals surface area contributed by atoms with Crippen molar-refractivity contribution in [1.29, 1.82) is 0 Å². The number of benzene rings is 2. The van der Waals surface area contributed by atoms with E-state index >= 15 is 0 Å². The zero-order chi connectivity index (χ0) is 18.6. The normalized spacial score (nSPS) is 25.4. The average Bonchev–Trinajstić information content (AvgIpc) is 2.81. The van der Waals surface area contributed by atoms with Crippen molar-refractivity contribution in [3.05, 3.63) is 65.2 Å². The SMILES string of the molecule is CCCC[C@]1(CC)CCc2ccc(OC)cc2[C@@H](c2ccccc2)[C@H]1O. The molecule has 0 heterocycles. The maximum absolute atomic E-state index is 11.7. The summed E-state index contributed by atoms with van der Waals surface area (Å²) in [5, 5.41) is 11.7. The van der Waals surface area contributed by atoms with Gasteiger partial charge in [-0.05, 0) is 59.9 Å². The third-order valence-electron chi connectivity index (χ3n) is 6.41. The summed E-state index contributed by atoms with van der Waals surface area (Å²) in [5.41, 5.74) is 3.76. The molecule has 1 N–H and O–H groups in total. The summed E-state index contributed by atoms with van der Waals surface area (Å²) in [6.07, 6.45) is 6.15. The first-order chi connectivity index (χ1) is 12.6. The highest BCUT2D eigenvalue weighted by Crippen LogP contribution is 2.49. The van der Waals surface area contributed by atoms with E-state index < -0.39 is 0 Å². The average molecular weight is 353 g/mol. The first-order valence-electron chi connectivity index (χ1n) is 10.0. The molecule has 3 atom stereocenters. The van der Waals surface area contributed by atoms with Crippen molar-refractivity contribution < 1.29 is 9.84 Å². The molecule has 0 saturated heterocycles. The molecule has 140 valence electrons. The predicted octanol–water partition coefficient (Wildman–Crippen LogP) is 5.72. The highest BCUT2D eigenvalue weighted by molar-refractivity contribution is 5.45. The summed E-state index contributed by atoms with van der Waals surface area (Å²) in [6.45, 7) is 4.48. The summed E-state index contributed by atoms with van der Waals surface area (Å²) in [5.74, 6) is 0.870. The maximum atomic E-state index is 11.7. The van der Waals surface area contributed by atoms with E-state index in [9.17, 15) is 5.11 Å². The topological polar surface area (TPSA) is 29.5 Å². The van der Waals surface area contributed by atoms with Gasteiger partial charge in [-0.15, -0.1) is 0 Å². The van der Waals surface area contributed by atoms with Crippen LogP contribution in [0.3, 0.4) is 0 Å². The summed E-state index contributed by atoms with van der Waals surface area (Å²) >= 11 is 0. The standard InChI is InChI=1S/C24H32O2/c1-4-6-15-24(5-2)16-14-18-12-13-20(26-3)17-21(18)22(23(24)25)19-10-8-7-9-11-19/h7-13,17,22-23,25H,4-6,14-16H2,1-3H3/t22-,23-,24-/m1/s1. The van der Waals surface area contributed by atoms with Gasteiger partial charge in [0.15, 0.2) is 0 Å². The number of unbranched alkanes of at least 4 members (excludes halogenated alkanes) is 1. The minimum absolute atomic E-state index is 0.000561. The Morgan fingerprint density at radius 1 is 1.12 bits per heavy atom. The Morgan fingerprint density at radius 3 is 2.54 bits per heavy atom. The zero-order valence-corrected chi connectivity index (χ0v) is 16.4. The lowest BCUT2D eigenvalue weighted by Crippen LogP contribution is -2.38. The smallest absolute Gasteiger partial charge is 0.119 e. The Bertz CT molecular complexity index is 709. The number of aryl methyl sites for hydroxylation is 1. The molecule has 2 aromatic rings. The Labute approximate surface area is 158 Å². The van der Waals surface area contributed by atoms with E-state index in [1.807, 2.05) is 6.07 Å². The van der Waals surface area contributed by atoms with Crippen molar-refractivity contribution in [1.82, 2.24) is 0 Å². The largest absolute Gasteiger partial charge is 0.497 e. The van der Waals surface area contributed by atoms with E-state index in [0.29, 0.717) is 0 Å². The minimum Gasteiger partial charge on any atom is -0.497 e. The number of hydrogen-bond donors (Lipinski definition) is 1. The number of hydrogen-bond acceptors (Lipinski definition) is 2. The van der Waals surface area contributed by atoms with Crippen molar-refractivity contribution in [2.24, 2.45) is 5.41 Å². The Hall–Kier alpha value is -1.80. The molecule has 0 fully saturated rings. The van der Waals surface area contributed by atoms with Crippen LogP contribution in [0.2, 0.25) is 0 Å². The van der Waals surface area contributed by atoms with Gasteiger partial charge < -0.3 is 9.84 Å². The molecule has 0 bridgehead atoms.